The van der Waals surface area contributed by atoms with Gasteiger partial charge in [0.1, 0.15) is 5.82 Å². The Hall–Kier alpha value is -2.23. The molecule has 0 bridgehead atoms. The number of halogens is 2. The van der Waals surface area contributed by atoms with Crippen LogP contribution in [0.15, 0.2) is 66.7 Å². The summed E-state index contributed by atoms with van der Waals surface area (Å²) in [6.45, 7) is 0. The fourth-order valence-electron chi connectivity index (χ4n) is 2.31. The number of benzene rings is 2. The fourth-order valence-corrected chi connectivity index (χ4v) is 3.50. The molecule has 0 aliphatic heterocycles. The third kappa shape index (κ3) is 3.99. The summed E-state index contributed by atoms with van der Waals surface area (Å²) in [5, 5.41) is 0.287. The molecule has 1 nitrogen and oxygen atoms in total. The molecule has 3 rings (SSSR count). The largest absolute Gasteiger partial charge is 0.288 e. The van der Waals surface area contributed by atoms with Crippen LogP contribution in [0.2, 0.25) is 5.02 Å². The minimum Gasteiger partial charge on any atom is -0.288 e. The highest BCUT2D eigenvalue weighted by atomic mass is 35.5. The molecule has 3 aromatic rings. The summed E-state index contributed by atoms with van der Waals surface area (Å²) in [5.74, 6) is -0.596. The van der Waals surface area contributed by atoms with Crippen LogP contribution in [0, 0.1) is 5.82 Å². The minimum atomic E-state index is -0.442. The zero-order valence-electron chi connectivity index (χ0n) is 12.7. The lowest BCUT2D eigenvalue weighted by molar-refractivity contribution is 0.105. The summed E-state index contributed by atoms with van der Waals surface area (Å²) in [6.07, 6.45) is 3.58. The second kappa shape index (κ2) is 7.56. The highest BCUT2D eigenvalue weighted by Crippen LogP contribution is 2.23. The maximum Gasteiger partial charge on any atom is 0.195 e. The Kier molecular flexibility index (Phi) is 5.24. The van der Waals surface area contributed by atoms with Gasteiger partial charge in [0.25, 0.3) is 0 Å². The van der Waals surface area contributed by atoms with Crippen LogP contribution in [-0.4, -0.2) is 5.78 Å². The van der Waals surface area contributed by atoms with Crippen molar-refractivity contribution in [2.45, 2.75) is 6.42 Å². The molecule has 0 atom stereocenters. The van der Waals surface area contributed by atoms with Gasteiger partial charge in [0.2, 0.25) is 0 Å². The molecular formula is C20H14ClFOS. The molecule has 0 saturated carbocycles. The Morgan fingerprint density at radius 1 is 1.04 bits per heavy atom. The van der Waals surface area contributed by atoms with Gasteiger partial charge < -0.3 is 0 Å². The first-order valence-electron chi connectivity index (χ1n) is 7.42. The van der Waals surface area contributed by atoms with Crippen LogP contribution in [0.4, 0.5) is 4.39 Å². The van der Waals surface area contributed by atoms with Crippen molar-refractivity contribution in [2.75, 3.05) is 0 Å². The molecule has 2 aromatic carbocycles. The van der Waals surface area contributed by atoms with Crippen molar-refractivity contribution in [3.63, 3.8) is 0 Å². The fraction of sp³-hybridized carbons (Fsp3) is 0.0500. The normalized spacial score (nSPS) is 11.1. The van der Waals surface area contributed by atoms with E-state index in [0.29, 0.717) is 4.88 Å². The molecule has 1 heterocycles. The van der Waals surface area contributed by atoms with Crippen molar-refractivity contribution in [1.82, 2.24) is 0 Å². The summed E-state index contributed by atoms with van der Waals surface area (Å²) in [7, 11) is 0. The maximum atomic E-state index is 13.7. The summed E-state index contributed by atoms with van der Waals surface area (Å²) in [4.78, 5) is 14.0. The predicted octanol–water partition coefficient (Wildman–Crippen LogP) is 6.03. The predicted molar refractivity (Wildman–Crippen MR) is 98.3 cm³/mol. The van der Waals surface area contributed by atoms with Gasteiger partial charge in [-0.15, -0.1) is 11.3 Å². The standard InChI is InChI=1S/C20H14ClFOS/c21-17-7-4-8-18(22)16(17)10-11-19(23)20-12-9-15(24-20)13-14-5-2-1-3-6-14/h1-12H,13H2/b11-10+. The highest BCUT2D eigenvalue weighted by molar-refractivity contribution is 7.14. The van der Waals surface area contributed by atoms with Gasteiger partial charge in [-0.2, -0.15) is 0 Å². The van der Waals surface area contributed by atoms with Gasteiger partial charge in [0.05, 0.1) is 9.90 Å². The van der Waals surface area contributed by atoms with E-state index in [-0.39, 0.29) is 16.4 Å². The molecule has 0 unspecified atom stereocenters. The molecule has 120 valence electrons. The lowest BCUT2D eigenvalue weighted by Crippen LogP contribution is -1.90. The lowest BCUT2D eigenvalue weighted by atomic mass is 10.1. The van der Waals surface area contributed by atoms with Crippen LogP contribution < -0.4 is 0 Å². The van der Waals surface area contributed by atoms with Gasteiger partial charge >= 0.3 is 0 Å². The first-order valence-corrected chi connectivity index (χ1v) is 8.62. The SMILES string of the molecule is O=C(/C=C/c1c(F)cccc1Cl)c1ccc(Cc2ccccc2)s1. The molecule has 4 heteroatoms. The number of carbonyl (C=O) groups is 1. The zero-order valence-corrected chi connectivity index (χ0v) is 14.3. The molecule has 24 heavy (non-hydrogen) atoms. The molecule has 1 aromatic heterocycles. The molecule has 0 saturated heterocycles. The smallest absolute Gasteiger partial charge is 0.195 e. The van der Waals surface area contributed by atoms with Gasteiger partial charge in [0, 0.05) is 16.9 Å². The van der Waals surface area contributed by atoms with Crippen molar-refractivity contribution in [3.8, 4) is 0 Å². The van der Waals surface area contributed by atoms with Gasteiger partial charge in [-0.05, 0) is 42.0 Å². The Morgan fingerprint density at radius 3 is 2.58 bits per heavy atom. The molecule has 0 aliphatic carbocycles. The van der Waals surface area contributed by atoms with Gasteiger partial charge in [-0.25, -0.2) is 4.39 Å². The number of allylic oxidation sites excluding steroid dienone is 1. The number of rotatable bonds is 5. The lowest BCUT2D eigenvalue weighted by Gasteiger charge is -1.99. The zero-order chi connectivity index (χ0) is 16.9. The molecular weight excluding hydrogens is 343 g/mol. The second-order valence-electron chi connectivity index (χ2n) is 5.26. The number of hydrogen-bond acceptors (Lipinski definition) is 2. The third-order valence-electron chi connectivity index (χ3n) is 3.53. The monoisotopic (exact) mass is 356 g/mol. The van der Waals surface area contributed by atoms with E-state index in [2.05, 4.69) is 12.1 Å². The van der Waals surface area contributed by atoms with Crippen LogP contribution in [0.5, 0.6) is 0 Å². The molecule has 0 aliphatic rings. The first-order chi connectivity index (χ1) is 11.6. The van der Waals surface area contributed by atoms with E-state index >= 15 is 0 Å². The van der Waals surface area contributed by atoms with E-state index < -0.39 is 5.82 Å². The van der Waals surface area contributed by atoms with E-state index in [1.54, 1.807) is 12.1 Å². The third-order valence-corrected chi connectivity index (χ3v) is 4.96. The molecule has 0 radical (unpaired) electrons. The molecule has 0 fully saturated rings. The van der Waals surface area contributed by atoms with Crippen molar-refractivity contribution >= 4 is 34.8 Å². The van der Waals surface area contributed by atoms with Gasteiger partial charge in [-0.1, -0.05) is 48.0 Å². The summed E-state index contributed by atoms with van der Waals surface area (Å²) >= 11 is 7.41. The van der Waals surface area contributed by atoms with Crippen molar-refractivity contribution < 1.29 is 9.18 Å². The Bertz CT molecular complexity index is 863. The Morgan fingerprint density at radius 2 is 1.83 bits per heavy atom. The molecule has 0 N–H and O–H groups in total. The van der Waals surface area contributed by atoms with Crippen molar-refractivity contribution in [1.29, 1.82) is 0 Å². The highest BCUT2D eigenvalue weighted by Gasteiger charge is 2.08. The van der Waals surface area contributed by atoms with E-state index in [1.807, 2.05) is 24.3 Å². The molecule has 0 spiro atoms. The second-order valence-corrected chi connectivity index (χ2v) is 6.84. The summed E-state index contributed by atoms with van der Waals surface area (Å²) in [5.41, 5.74) is 1.43. The van der Waals surface area contributed by atoms with Gasteiger partial charge in [0.15, 0.2) is 5.78 Å². The van der Waals surface area contributed by atoms with E-state index in [0.717, 1.165) is 11.3 Å². The van der Waals surface area contributed by atoms with Crippen LogP contribution in [0.1, 0.15) is 25.7 Å². The average Bonchev–Trinajstić information content (AvgIpc) is 3.04. The van der Waals surface area contributed by atoms with Gasteiger partial charge in [-0.3, -0.25) is 4.79 Å². The summed E-state index contributed by atoms with van der Waals surface area (Å²) in [6, 6.07) is 18.3. The van der Waals surface area contributed by atoms with Crippen LogP contribution in [0.3, 0.4) is 0 Å². The Labute approximate surface area is 149 Å². The van der Waals surface area contributed by atoms with E-state index in [4.69, 9.17) is 11.6 Å². The van der Waals surface area contributed by atoms with Crippen LogP contribution in [-0.2, 0) is 6.42 Å². The van der Waals surface area contributed by atoms with E-state index in [9.17, 15) is 9.18 Å². The quantitative estimate of drug-likeness (QED) is 0.403. The van der Waals surface area contributed by atoms with Crippen molar-refractivity contribution in [2.24, 2.45) is 0 Å². The Balaban J connectivity index is 1.73. The number of ketones is 1. The molecule has 0 amide bonds. The first kappa shape index (κ1) is 16.6. The van der Waals surface area contributed by atoms with Crippen LogP contribution >= 0.6 is 22.9 Å². The average molecular weight is 357 g/mol. The van der Waals surface area contributed by atoms with Crippen molar-refractivity contribution in [3.05, 3.63) is 98.5 Å². The number of hydrogen-bond donors (Lipinski definition) is 0. The minimum absolute atomic E-state index is 0.154. The number of carbonyl (C=O) groups excluding carboxylic acids is 1. The summed E-state index contributed by atoms with van der Waals surface area (Å²) < 4.78 is 13.7. The number of thiophene rings is 1. The topological polar surface area (TPSA) is 17.1 Å². The maximum absolute atomic E-state index is 13.7. The van der Waals surface area contributed by atoms with E-state index in [1.165, 1.54) is 41.2 Å². The van der Waals surface area contributed by atoms with Crippen LogP contribution in [0.25, 0.3) is 6.08 Å².